The quantitative estimate of drug-likeness (QED) is 0.766. The highest BCUT2D eigenvalue weighted by Gasteiger charge is 2.04. The molecular formula is C16H20N2OS. The molecule has 0 aliphatic heterocycles. The zero-order valence-electron chi connectivity index (χ0n) is 11.7. The van der Waals surface area contributed by atoms with Gasteiger partial charge >= 0.3 is 0 Å². The fraction of sp³-hybridized carbons (Fsp3) is 0.312. The number of aryl methyl sites for hydroxylation is 1. The predicted molar refractivity (Wildman–Crippen MR) is 85.1 cm³/mol. The van der Waals surface area contributed by atoms with E-state index in [0.29, 0.717) is 0 Å². The Balaban J connectivity index is 1.68. The molecule has 0 fully saturated rings. The molecule has 0 saturated carbocycles. The number of nitrogens with one attached hydrogen (secondary N) is 2. The van der Waals surface area contributed by atoms with Gasteiger partial charge in [-0.3, -0.25) is 4.79 Å². The molecule has 3 nitrogen and oxygen atoms in total. The van der Waals surface area contributed by atoms with Crippen LogP contribution in [0.15, 0.2) is 41.8 Å². The van der Waals surface area contributed by atoms with Crippen LogP contribution in [0.1, 0.15) is 23.8 Å². The summed E-state index contributed by atoms with van der Waals surface area (Å²) in [7, 11) is 0. The maximum atomic E-state index is 11.1. The Kier molecular flexibility index (Phi) is 5.77. The van der Waals surface area contributed by atoms with Crippen LogP contribution in [0.4, 0.5) is 5.69 Å². The van der Waals surface area contributed by atoms with Gasteiger partial charge in [-0.25, -0.2) is 0 Å². The Morgan fingerprint density at radius 1 is 1.20 bits per heavy atom. The van der Waals surface area contributed by atoms with E-state index in [2.05, 4.69) is 34.9 Å². The lowest BCUT2D eigenvalue weighted by atomic mass is 10.1. The van der Waals surface area contributed by atoms with Crippen LogP contribution in [0.3, 0.4) is 0 Å². The molecule has 0 spiro atoms. The predicted octanol–water partition coefficient (Wildman–Crippen LogP) is 3.43. The molecule has 2 aromatic rings. The van der Waals surface area contributed by atoms with E-state index in [1.54, 1.807) is 11.3 Å². The second kappa shape index (κ2) is 7.82. The molecule has 0 radical (unpaired) electrons. The summed E-state index contributed by atoms with van der Waals surface area (Å²) in [6, 6.07) is 12.5. The summed E-state index contributed by atoms with van der Waals surface area (Å²) in [4.78, 5) is 12.3. The fourth-order valence-electron chi connectivity index (χ4n) is 2.04. The number of benzene rings is 1. The van der Waals surface area contributed by atoms with Crippen molar-refractivity contribution < 1.29 is 4.79 Å². The Morgan fingerprint density at radius 3 is 2.75 bits per heavy atom. The first-order chi connectivity index (χ1) is 9.75. The molecule has 1 aromatic heterocycles. The molecule has 0 unspecified atom stereocenters. The minimum absolute atomic E-state index is 0.0197. The number of anilines is 1. The lowest BCUT2D eigenvalue weighted by Crippen LogP contribution is -2.16. The number of carbonyl (C=O) groups is 1. The van der Waals surface area contributed by atoms with Gasteiger partial charge in [0, 0.05) is 18.3 Å². The zero-order valence-corrected chi connectivity index (χ0v) is 12.5. The van der Waals surface area contributed by atoms with Crippen molar-refractivity contribution in [2.75, 3.05) is 11.9 Å². The maximum Gasteiger partial charge on any atom is 0.221 e. The lowest BCUT2D eigenvalue weighted by molar-refractivity contribution is -0.114. The smallest absolute Gasteiger partial charge is 0.221 e. The van der Waals surface area contributed by atoms with Crippen molar-refractivity contribution in [3.63, 3.8) is 0 Å². The third-order valence-electron chi connectivity index (χ3n) is 3.00. The Labute approximate surface area is 124 Å². The van der Waals surface area contributed by atoms with Crippen molar-refractivity contribution in [1.82, 2.24) is 5.32 Å². The molecule has 1 heterocycles. The monoisotopic (exact) mass is 288 g/mol. The minimum Gasteiger partial charge on any atom is -0.325 e. The summed E-state index contributed by atoms with van der Waals surface area (Å²) in [6.45, 7) is 3.32. The molecule has 0 aliphatic carbocycles. The number of hydrogen-bond donors (Lipinski definition) is 2. The van der Waals surface area contributed by atoms with Gasteiger partial charge in [0.2, 0.25) is 5.91 Å². The van der Waals surface area contributed by atoms with E-state index in [1.165, 1.54) is 17.4 Å². The van der Waals surface area contributed by atoms with Crippen molar-refractivity contribution in [3.05, 3.63) is 52.2 Å². The number of carbonyl (C=O) groups excluding carboxylic acids is 1. The van der Waals surface area contributed by atoms with Gasteiger partial charge in [0.1, 0.15) is 0 Å². The molecule has 4 heteroatoms. The lowest BCUT2D eigenvalue weighted by Gasteiger charge is -2.06. The normalized spacial score (nSPS) is 10.4. The van der Waals surface area contributed by atoms with Crippen molar-refractivity contribution in [3.8, 4) is 0 Å². The summed E-state index contributed by atoms with van der Waals surface area (Å²) in [6.07, 6.45) is 2.21. The molecule has 2 N–H and O–H groups in total. The van der Waals surface area contributed by atoms with Gasteiger partial charge in [-0.05, 0) is 36.4 Å². The van der Waals surface area contributed by atoms with Crippen LogP contribution in [-0.2, 0) is 17.8 Å². The summed E-state index contributed by atoms with van der Waals surface area (Å²) in [5.41, 5.74) is 2.31. The van der Waals surface area contributed by atoms with Crippen LogP contribution in [0, 0.1) is 0 Å². The third kappa shape index (κ3) is 4.79. The third-order valence-corrected chi connectivity index (χ3v) is 3.92. The zero-order chi connectivity index (χ0) is 14.2. The van der Waals surface area contributed by atoms with Gasteiger partial charge < -0.3 is 10.6 Å². The highest BCUT2D eigenvalue weighted by Crippen LogP contribution is 2.21. The highest BCUT2D eigenvalue weighted by molar-refractivity contribution is 7.10. The molecule has 1 amide bonds. The van der Waals surface area contributed by atoms with Gasteiger partial charge in [-0.15, -0.1) is 11.3 Å². The average molecular weight is 288 g/mol. The van der Waals surface area contributed by atoms with E-state index in [0.717, 1.165) is 31.6 Å². The average Bonchev–Trinajstić information content (AvgIpc) is 2.86. The van der Waals surface area contributed by atoms with Gasteiger partial charge in [0.05, 0.1) is 5.69 Å². The Bertz CT molecular complexity index is 536. The van der Waals surface area contributed by atoms with E-state index in [9.17, 15) is 4.79 Å². The first-order valence-corrected chi connectivity index (χ1v) is 7.72. The highest BCUT2D eigenvalue weighted by atomic mass is 32.1. The Hall–Kier alpha value is -1.65. The molecule has 0 aliphatic rings. The van der Waals surface area contributed by atoms with Crippen LogP contribution < -0.4 is 10.6 Å². The molecule has 0 saturated heterocycles. The summed E-state index contributed by atoms with van der Waals surface area (Å²) >= 11 is 1.67. The standard InChI is InChI=1S/C16H20N2OS/c1-13(19)18-15-9-11-20-16(15)12-17-10-5-8-14-6-3-2-4-7-14/h2-4,6-7,9,11,17H,5,8,10,12H2,1H3,(H,18,19). The van der Waals surface area contributed by atoms with E-state index < -0.39 is 0 Å². The molecule has 20 heavy (non-hydrogen) atoms. The molecule has 1 aromatic carbocycles. The van der Waals surface area contributed by atoms with E-state index in [4.69, 9.17) is 0 Å². The van der Waals surface area contributed by atoms with Crippen molar-refractivity contribution in [2.24, 2.45) is 0 Å². The van der Waals surface area contributed by atoms with Crippen LogP contribution in [0.25, 0.3) is 0 Å². The first-order valence-electron chi connectivity index (χ1n) is 6.84. The number of rotatable bonds is 7. The summed E-state index contributed by atoms with van der Waals surface area (Å²) in [5.74, 6) is -0.0197. The number of thiophene rings is 1. The van der Waals surface area contributed by atoms with Crippen molar-refractivity contribution in [1.29, 1.82) is 0 Å². The fourth-order valence-corrected chi connectivity index (χ4v) is 2.84. The molecular weight excluding hydrogens is 268 g/mol. The Morgan fingerprint density at radius 2 is 2.00 bits per heavy atom. The van der Waals surface area contributed by atoms with E-state index >= 15 is 0 Å². The van der Waals surface area contributed by atoms with Crippen LogP contribution >= 0.6 is 11.3 Å². The van der Waals surface area contributed by atoms with Gasteiger partial charge in [0.25, 0.3) is 0 Å². The SMILES string of the molecule is CC(=O)Nc1ccsc1CNCCCc1ccccc1. The van der Waals surface area contributed by atoms with Crippen molar-refractivity contribution >= 4 is 22.9 Å². The topological polar surface area (TPSA) is 41.1 Å². The molecule has 106 valence electrons. The van der Waals surface area contributed by atoms with Crippen LogP contribution in [-0.4, -0.2) is 12.5 Å². The minimum atomic E-state index is -0.0197. The van der Waals surface area contributed by atoms with Gasteiger partial charge in [-0.2, -0.15) is 0 Å². The van der Waals surface area contributed by atoms with Crippen molar-refractivity contribution in [2.45, 2.75) is 26.3 Å². The second-order valence-electron chi connectivity index (χ2n) is 4.70. The molecule has 2 rings (SSSR count). The second-order valence-corrected chi connectivity index (χ2v) is 5.71. The molecule has 0 bridgehead atoms. The van der Waals surface area contributed by atoms with E-state index in [1.807, 2.05) is 17.5 Å². The number of amides is 1. The maximum absolute atomic E-state index is 11.1. The van der Waals surface area contributed by atoms with E-state index in [-0.39, 0.29) is 5.91 Å². The van der Waals surface area contributed by atoms with Gasteiger partial charge in [0.15, 0.2) is 0 Å². The van der Waals surface area contributed by atoms with Crippen LogP contribution in [0.2, 0.25) is 0 Å². The molecule has 0 atom stereocenters. The number of hydrogen-bond acceptors (Lipinski definition) is 3. The summed E-state index contributed by atoms with van der Waals surface area (Å²) < 4.78 is 0. The van der Waals surface area contributed by atoms with Gasteiger partial charge in [-0.1, -0.05) is 30.3 Å². The first kappa shape index (κ1) is 14.8. The van der Waals surface area contributed by atoms with Crippen LogP contribution in [0.5, 0.6) is 0 Å². The summed E-state index contributed by atoms with van der Waals surface area (Å²) in [5, 5.41) is 8.29. The largest absolute Gasteiger partial charge is 0.325 e.